The van der Waals surface area contributed by atoms with Crippen molar-refractivity contribution >= 4 is 29.1 Å². The molecule has 0 saturated carbocycles. The molecule has 3 aromatic rings. The van der Waals surface area contributed by atoms with Crippen molar-refractivity contribution < 1.29 is 4.79 Å². The van der Waals surface area contributed by atoms with Crippen molar-refractivity contribution in [2.24, 2.45) is 0 Å². The minimum Gasteiger partial charge on any atom is -0.335 e. The topological polar surface area (TPSA) is 38.1 Å². The van der Waals surface area contributed by atoms with Gasteiger partial charge in [0.05, 0.1) is 12.4 Å². The Kier molecular flexibility index (Phi) is 5.64. The van der Waals surface area contributed by atoms with E-state index in [1.807, 2.05) is 48.0 Å². The van der Waals surface area contributed by atoms with Crippen LogP contribution in [0.1, 0.15) is 34.5 Å². The lowest BCUT2D eigenvalue weighted by molar-refractivity contribution is 0.0742. The summed E-state index contributed by atoms with van der Waals surface area (Å²) in [5, 5.41) is 1.13. The van der Waals surface area contributed by atoms with E-state index in [2.05, 4.69) is 4.98 Å². The van der Waals surface area contributed by atoms with Crippen molar-refractivity contribution in [1.82, 2.24) is 14.5 Å². The van der Waals surface area contributed by atoms with Gasteiger partial charge in [0.15, 0.2) is 0 Å². The minimum atomic E-state index is -0.169. The Morgan fingerprint density at radius 3 is 2.54 bits per heavy atom. The second-order valence-corrected chi connectivity index (χ2v) is 7.03. The van der Waals surface area contributed by atoms with Crippen LogP contribution in [-0.2, 0) is 6.54 Å². The standard InChI is InChI=1S/C20H19Cl2N3O/c1-14(18-8-7-17(21)11-19(18)22)24(2)20(26)16-5-3-15(4-6-16)12-25-10-9-23-13-25/h3-11,13-14H,12H2,1-2H3. The molecule has 0 N–H and O–H groups in total. The number of aromatic nitrogens is 2. The summed E-state index contributed by atoms with van der Waals surface area (Å²) in [7, 11) is 1.78. The highest BCUT2D eigenvalue weighted by Gasteiger charge is 2.20. The third kappa shape index (κ3) is 4.09. The van der Waals surface area contributed by atoms with Crippen molar-refractivity contribution in [2.75, 3.05) is 7.05 Å². The smallest absolute Gasteiger partial charge is 0.254 e. The highest BCUT2D eigenvalue weighted by Crippen LogP contribution is 2.29. The zero-order valence-corrected chi connectivity index (χ0v) is 16.1. The predicted molar refractivity (Wildman–Crippen MR) is 105 cm³/mol. The monoisotopic (exact) mass is 387 g/mol. The summed E-state index contributed by atoms with van der Waals surface area (Å²) in [5.41, 5.74) is 2.61. The number of nitrogens with zero attached hydrogens (tertiary/aromatic N) is 3. The van der Waals surface area contributed by atoms with Crippen LogP contribution in [0.2, 0.25) is 10.0 Å². The highest BCUT2D eigenvalue weighted by molar-refractivity contribution is 6.35. The van der Waals surface area contributed by atoms with E-state index in [0.29, 0.717) is 15.6 Å². The van der Waals surface area contributed by atoms with Crippen LogP contribution in [0.3, 0.4) is 0 Å². The van der Waals surface area contributed by atoms with Crippen LogP contribution >= 0.6 is 23.2 Å². The Labute approximate surface area is 163 Å². The van der Waals surface area contributed by atoms with Gasteiger partial charge in [0.25, 0.3) is 5.91 Å². The van der Waals surface area contributed by atoms with E-state index in [1.165, 1.54) is 0 Å². The van der Waals surface area contributed by atoms with E-state index in [0.717, 1.165) is 17.7 Å². The van der Waals surface area contributed by atoms with E-state index >= 15 is 0 Å². The molecule has 0 aliphatic heterocycles. The fourth-order valence-electron chi connectivity index (χ4n) is 2.77. The molecule has 4 nitrogen and oxygen atoms in total. The normalized spacial score (nSPS) is 12.0. The number of hydrogen-bond donors (Lipinski definition) is 0. The summed E-state index contributed by atoms with van der Waals surface area (Å²) in [5.74, 6) is -0.0577. The van der Waals surface area contributed by atoms with Gasteiger partial charge in [0, 0.05) is 41.6 Å². The third-order valence-electron chi connectivity index (χ3n) is 4.44. The number of benzene rings is 2. The van der Waals surface area contributed by atoms with Gasteiger partial charge in [-0.05, 0) is 42.3 Å². The van der Waals surface area contributed by atoms with Crippen LogP contribution in [-0.4, -0.2) is 27.4 Å². The lowest BCUT2D eigenvalue weighted by Crippen LogP contribution is -2.29. The molecule has 0 fully saturated rings. The molecule has 1 amide bonds. The molecule has 6 heteroatoms. The van der Waals surface area contributed by atoms with Crippen LogP contribution < -0.4 is 0 Å². The first kappa shape index (κ1) is 18.5. The van der Waals surface area contributed by atoms with Gasteiger partial charge in [-0.1, -0.05) is 41.4 Å². The van der Waals surface area contributed by atoms with E-state index in [1.54, 1.807) is 36.6 Å². The zero-order valence-electron chi connectivity index (χ0n) is 14.6. The van der Waals surface area contributed by atoms with Gasteiger partial charge in [-0.15, -0.1) is 0 Å². The molecule has 0 aliphatic carbocycles. The molecule has 1 aromatic heterocycles. The maximum Gasteiger partial charge on any atom is 0.254 e. The van der Waals surface area contributed by atoms with E-state index in [9.17, 15) is 4.79 Å². The quantitative estimate of drug-likeness (QED) is 0.612. The second-order valence-electron chi connectivity index (χ2n) is 6.19. The third-order valence-corrected chi connectivity index (χ3v) is 5.00. The number of rotatable bonds is 5. The fourth-order valence-corrected chi connectivity index (χ4v) is 3.34. The molecule has 134 valence electrons. The SMILES string of the molecule is CC(c1ccc(Cl)cc1Cl)N(C)C(=O)c1ccc(Cn2ccnc2)cc1. The Bertz CT molecular complexity index is 892. The van der Waals surface area contributed by atoms with E-state index in [4.69, 9.17) is 23.2 Å². The number of imidazole rings is 1. The molecule has 0 spiro atoms. The van der Waals surface area contributed by atoms with Gasteiger partial charge < -0.3 is 9.47 Å². The number of carbonyl (C=O) groups is 1. The average Bonchev–Trinajstić information content (AvgIpc) is 3.13. The van der Waals surface area contributed by atoms with Crippen molar-refractivity contribution in [3.63, 3.8) is 0 Å². The second kappa shape index (κ2) is 7.94. The Morgan fingerprint density at radius 1 is 1.19 bits per heavy atom. The number of carbonyl (C=O) groups excluding carboxylic acids is 1. The van der Waals surface area contributed by atoms with E-state index < -0.39 is 0 Å². The highest BCUT2D eigenvalue weighted by atomic mass is 35.5. The van der Waals surface area contributed by atoms with E-state index in [-0.39, 0.29) is 11.9 Å². The lowest BCUT2D eigenvalue weighted by atomic mass is 10.1. The molecule has 26 heavy (non-hydrogen) atoms. The first-order valence-electron chi connectivity index (χ1n) is 8.22. The molecule has 2 aromatic carbocycles. The van der Waals surface area contributed by atoms with Gasteiger partial charge in [-0.2, -0.15) is 0 Å². The van der Waals surface area contributed by atoms with Crippen LogP contribution in [0.4, 0.5) is 0 Å². The molecule has 0 aliphatic rings. The number of halogens is 2. The molecular formula is C20H19Cl2N3O. The zero-order chi connectivity index (χ0) is 18.7. The van der Waals surface area contributed by atoms with Crippen LogP contribution in [0, 0.1) is 0 Å². The largest absolute Gasteiger partial charge is 0.335 e. The van der Waals surface area contributed by atoms with Gasteiger partial charge in [-0.3, -0.25) is 4.79 Å². The maximum absolute atomic E-state index is 12.8. The summed E-state index contributed by atoms with van der Waals surface area (Å²) in [6, 6.07) is 12.8. The van der Waals surface area contributed by atoms with Crippen LogP contribution in [0.5, 0.6) is 0 Å². The van der Waals surface area contributed by atoms with Gasteiger partial charge in [0.1, 0.15) is 0 Å². The molecule has 0 saturated heterocycles. The molecule has 0 bridgehead atoms. The average molecular weight is 388 g/mol. The Balaban J connectivity index is 1.73. The van der Waals surface area contributed by atoms with Crippen molar-refractivity contribution in [1.29, 1.82) is 0 Å². The summed E-state index contributed by atoms with van der Waals surface area (Å²) in [6.45, 7) is 2.67. The summed E-state index contributed by atoms with van der Waals surface area (Å²) in [6.07, 6.45) is 5.42. The van der Waals surface area contributed by atoms with Gasteiger partial charge in [-0.25, -0.2) is 4.98 Å². The molecule has 0 radical (unpaired) electrons. The summed E-state index contributed by atoms with van der Waals surface area (Å²) >= 11 is 12.2. The summed E-state index contributed by atoms with van der Waals surface area (Å²) < 4.78 is 1.98. The Hall–Kier alpha value is -2.30. The van der Waals surface area contributed by atoms with Crippen LogP contribution in [0.15, 0.2) is 61.2 Å². The fraction of sp³-hybridized carbons (Fsp3) is 0.200. The van der Waals surface area contributed by atoms with Crippen molar-refractivity contribution in [3.8, 4) is 0 Å². The molecular weight excluding hydrogens is 369 g/mol. The summed E-state index contributed by atoms with van der Waals surface area (Å²) in [4.78, 5) is 18.5. The molecule has 1 atom stereocenters. The van der Waals surface area contributed by atoms with Gasteiger partial charge >= 0.3 is 0 Å². The molecule has 1 unspecified atom stereocenters. The molecule has 3 rings (SSSR count). The first-order chi connectivity index (χ1) is 12.5. The van der Waals surface area contributed by atoms with Crippen molar-refractivity contribution in [2.45, 2.75) is 19.5 Å². The number of hydrogen-bond acceptors (Lipinski definition) is 2. The lowest BCUT2D eigenvalue weighted by Gasteiger charge is -2.26. The minimum absolute atomic E-state index is 0.0577. The first-order valence-corrected chi connectivity index (χ1v) is 8.98. The van der Waals surface area contributed by atoms with Gasteiger partial charge in [0.2, 0.25) is 0 Å². The molecule has 1 heterocycles. The predicted octanol–water partition coefficient (Wildman–Crippen LogP) is 5.07. The maximum atomic E-state index is 12.8. The number of amides is 1. The van der Waals surface area contributed by atoms with Crippen LogP contribution in [0.25, 0.3) is 0 Å². The van der Waals surface area contributed by atoms with Crippen molar-refractivity contribution in [3.05, 3.63) is 87.9 Å². The Morgan fingerprint density at radius 2 is 1.92 bits per heavy atom.